The molecule has 4 rings (SSSR count). The Labute approximate surface area is 140 Å². The molecule has 8 heteroatoms. The van der Waals surface area contributed by atoms with Crippen LogP contribution in [-0.2, 0) is 10.0 Å². The van der Waals surface area contributed by atoms with Gasteiger partial charge in [0.2, 0.25) is 10.0 Å². The summed E-state index contributed by atoms with van der Waals surface area (Å²) in [6.45, 7) is 2.73. The highest BCUT2D eigenvalue weighted by atomic mass is 32.2. The van der Waals surface area contributed by atoms with Gasteiger partial charge in [0.25, 0.3) is 0 Å². The number of hydrogen-bond donors (Lipinski definition) is 0. The van der Waals surface area contributed by atoms with E-state index in [0.717, 1.165) is 29.4 Å². The lowest BCUT2D eigenvalue weighted by Gasteiger charge is -2.30. The van der Waals surface area contributed by atoms with E-state index < -0.39 is 10.0 Å². The van der Waals surface area contributed by atoms with Crippen LogP contribution in [0.3, 0.4) is 0 Å². The molecule has 2 aromatic heterocycles. The van der Waals surface area contributed by atoms with Crippen LogP contribution in [0.15, 0.2) is 30.6 Å². The molecule has 3 heterocycles. The number of benzene rings is 1. The van der Waals surface area contributed by atoms with Crippen LogP contribution in [0.2, 0.25) is 0 Å². The number of hydrogen-bond acceptors (Lipinski definition) is 5. The SMILES string of the molecule is CCS(=O)(=O)N1CCCC(c2nc3c4ccccc4ncn3n2)C1. The van der Waals surface area contributed by atoms with Crippen molar-refractivity contribution in [2.45, 2.75) is 25.7 Å². The molecule has 1 aliphatic heterocycles. The third-order valence-corrected chi connectivity index (χ3v) is 6.45. The first-order chi connectivity index (χ1) is 11.6. The maximum absolute atomic E-state index is 12.1. The molecule has 0 spiro atoms. The summed E-state index contributed by atoms with van der Waals surface area (Å²) in [4.78, 5) is 9.09. The highest BCUT2D eigenvalue weighted by Gasteiger charge is 2.30. The molecule has 0 bridgehead atoms. The predicted molar refractivity (Wildman–Crippen MR) is 91.3 cm³/mol. The van der Waals surface area contributed by atoms with Crippen molar-refractivity contribution in [3.8, 4) is 0 Å². The molecule has 0 radical (unpaired) electrons. The molecule has 1 atom stereocenters. The van der Waals surface area contributed by atoms with Gasteiger partial charge in [-0.2, -0.15) is 0 Å². The molecule has 0 aliphatic carbocycles. The second kappa shape index (κ2) is 5.78. The molecule has 3 aromatic rings. The van der Waals surface area contributed by atoms with Gasteiger partial charge in [0.1, 0.15) is 6.33 Å². The molecular weight excluding hydrogens is 326 g/mol. The van der Waals surface area contributed by atoms with Crippen LogP contribution in [0.1, 0.15) is 31.5 Å². The van der Waals surface area contributed by atoms with E-state index in [1.807, 2.05) is 24.3 Å². The Bertz CT molecular complexity index is 998. The fraction of sp³-hybridized carbons (Fsp3) is 0.438. The van der Waals surface area contributed by atoms with Crippen LogP contribution in [0.25, 0.3) is 16.6 Å². The number of aromatic nitrogens is 4. The summed E-state index contributed by atoms with van der Waals surface area (Å²) in [6.07, 6.45) is 3.40. The molecule has 0 saturated carbocycles. The van der Waals surface area contributed by atoms with Crippen molar-refractivity contribution >= 4 is 26.6 Å². The average molecular weight is 345 g/mol. The smallest absolute Gasteiger partial charge is 0.213 e. The van der Waals surface area contributed by atoms with Gasteiger partial charge in [0.15, 0.2) is 11.5 Å². The summed E-state index contributed by atoms with van der Waals surface area (Å²) in [5, 5.41) is 5.50. The van der Waals surface area contributed by atoms with Crippen LogP contribution in [0.4, 0.5) is 0 Å². The van der Waals surface area contributed by atoms with Crippen molar-refractivity contribution in [3.63, 3.8) is 0 Å². The number of piperidine rings is 1. The quantitative estimate of drug-likeness (QED) is 0.723. The maximum Gasteiger partial charge on any atom is 0.213 e. The van der Waals surface area contributed by atoms with E-state index in [1.165, 1.54) is 0 Å². The fourth-order valence-electron chi connectivity index (χ4n) is 3.26. The monoisotopic (exact) mass is 345 g/mol. The molecule has 126 valence electrons. The standard InChI is InChI=1S/C16H19N5O2S/c1-2-24(22,23)20-9-5-6-12(10-20)15-18-16-13-7-3-4-8-14(13)17-11-21(16)19-15/h3-4,7-8,11-12H,2,5-6,9-10H2,1H3. The lowest BCUT2D eigenvalue weighted by Crippen LogP contribution is -2.40. The Morgan fingerprint density at radius 1 is 1.29 bits per heavy atom. The van der Waals surface area contributed by atoms with Crippen LogP contribution in [-0.4, -0.2) is 51.1 Å². The zero-order chi connectivity index (χ0) is 16.7. The number of rotatable bonds is 3. The van der Waals surface area contributed by atoms with Gasteiger partial charge in [0, 0.05) is 24.4 Å². The summed E-state index contributed by atoms with van der Waals surface area (Å²) in [6, 6.07) is 7.82. The Hall–Kier alpha value is -2.06. The summed E-state index contributed by atoms with van der Waals surface area (Å²) in [5.74, 6) is 0.857. The molecular formula is C16H19N5O2S. The fourth-order valence-corrected chi connectivity index (χ4v) is 4.44. The van der Waals surface area contributed by atoms with Gasteiger partial charge in [-0.15, -0.1) is 5.10 Å². The molecule has 0 amide bonds. The third-order valence-electron chi connectivity index (χ3n) is 4.61. The number of para-hydroxylation sites is 1. The predicted octanol–water partition coefficient (Wildman–Crippen LogP) is 1.81. The zero-order valence-corrected chi connectivity index (χ0v) is 14.3. The van der Waals surface area contributed by atoms with Crippen LogP contribution in [0.5, 0.6) is 0 Å². The van der Waals surface area contributed by atoms with Gasteiger partial charge < -0.3 is 0 Å². The minimum Gasteiger partial charge on any atom is -0.236 e. The molecule has 7 nitrogen and oxygen atoms in total. The number of sulfonamides is 1. The molecule has 1 saturated heterocycles. The molecule has 1 aromatic carbocycles. The zero-order valence-electron chi connectivity index (χ0n) is 13.5. The molecule has 0 N–H and O–H groups in total. The van der Waals surface area contributed by atoms with E-state index in [4.69, 9.17) is 4.98 Å². The summed E-state index contributed by atoms with van der Waals surface area (Å²) in [5.41, 5.74) is 1.65. The Balaban J connectivity index is 1.72. The normalized spacial score (nSPS) is 20.0. The summed E-state index contributed by atoms with van der Waals surface area (Å²) >= 11 is 0. The van der Waals surface area contributed by atoms with Gasteiger partial charge in [-0.25, -0.2) is 27.2 Å². The molecule has 1 unspecified atom stereocenters. The van der Waals surface area contributed by atoms with E-state index in [0.29, 0.717) is 18.9 Å². The van der Waals surface area contributed by atoms with Gasteiger partial charge in [-0.05, 0) is 31.9 Å². The van der Waals surface area contributed by atoms with Gasteiger partial charge >= 0.3 is 0 Å². The Morgan fingerprint density at radius 2 is 2.12 bits per heavy atom. The minimum atomic E-state index is -3.17. The number of nitrogens with zero attached hydrogens (tertiary/aromatic N) is 5. The third kappa shape index (κ3) is 2.55. The highest BCUT2D eigenvalue weighted by molar-refractivity contribution is 7.89. The number of fused-ring (bicyclic) bond motifs is 3. The Morgan fingerprint density at radius 3 is 2.96 bits per heavy atom. The van der Waals surface area contributed by atoms with Crippen molar-refractivity contribution in [1.29, 1.82) is 0 Å². The van der Waals surface area contributed by atoms with Crippen LogP contribution >= 0.6 is 0 Å². The van der Waals surface area contributed by atoms with Crippen molar-refractivity contribution in [3.05, 3.63) is 36.4 Å². The van der Waals surface area contributed by atoms with Crippen molar-refractivity contribution in [2.75, 3.05) is 18.8 Å². The molecule has 1 fully saturated rings. The van der Waals surface area contributed by atoms with E-state index >= 15 is 0 Å². The Kier molecular flexibility index (Phi) is 3.73. The summed E-state index contributed by atoms with van der Waals surface area (Å²) in [7, 11) is -3.17. The van der Waals surface area contributed by atoms with Gasteiger partial charge in [0.05, 0.1) is 11.3 Å². The van der Waals surface area contributed by atoms with Gasteiger partial charge in [-0.1, -0.05) is 12.1 Å². The minimum absolute atomic E-state index is 0.0266. The van der Waals surface area contributed by atoms with Crippen molar-refractivity contribution in [1.82, 2.24) is 23.9 Å². The van der Waals surface area contributed by atoms with Crippen molar-refractivity contribution < 1.29 is 8.42 Å². The molecule has 1 aliphatic rings. The summed E-state index contributed by atoms with van der Waals surface area (Å²) < 4.78 is 27.6. The molecule has 24 heavy (non-hydrogen) atoms. The van der Waals surface area contributed by atoms with E-state index in [-0.39, 0.29) is 11.7 Å². The van der Waals surface area contributed by atoms with Crippen molar-refractivity contribution in [2.24, 2.45) is 0 Å². The largest absolute Gasteiger partial charge is 0.236 e. The topological polar surface area (TPSA) is 80.5 Å². The first-order valence-electron chi connectivity index (χ1n) is 8.16. The van der Waals surface area contributed by atoms with E-state index in [1.54, 1.807) is 22.1 Å². The lowest BCUT2D eigenvalue weighted by atomic mass is 9.99. The van der Waals surface area contributed by atoms with E-state index in [2.05, 4.69) is 10.1 Å². The second-order valence-corrected chi connectivity index (χ2v) is 8.36. The van der Waals surface area contributed by atoms with Gasteiger partial charge in [-0.3, -0.25) is 0 Å². The maximum atomic E-state index is 12.1. The lowest BCUT2D eigenvalue weighted by molar-refractivity contribution is 0.309. The second-order valence-electron chi connectivity index (χ2n) is 6.10. The van der Waals surface area contributed by atoms with E-state index in [9.17, 15) is 8.42 Å². The first kappa shape index (κ1) is 15.5. The van der Waals surface area contributed by atoms with Crippen LogP contribution in [0, 0.1) is 0 Å². The van der Waals surface area contributed by atoms with Crippen LogP contribution < -0.4 is 0 Å². The highest BCUT2D eigenvalue weighted by Crippen LogP contribution is 2.27. The first-order valence-corrected chi connectivity index (χ1v) is 9.77. The average Bonchev–Trinajstić information content (AvgIpc) is 3.06.